The standard InChI is InChI=1S/C13H16FN3/c1-10-3-4-12(14)13(9-10)15-7-5-11-6-8-16-17(11)2/h3-4,6,8-9,15H,5,7H2,1-2H3. The Hall–Kier alpha value is -1.84. The van der Waals surface area contributed by atoms with Crippen molar-refractivity contribution in [2.75, 3.05) is 11.9 Å². The van der Waals surface area contributed by atoms with E-state index in [-0.39, 0.29) is 5.82 Å². The van der Waals surface area contributed by atoms with Crippen molar-refractivity contribution in [1.82, 2.24) is 9.78 Å². The second kappa shape index (κ2) is 4.99. The first-order valence-electron chi connectivity index (χ1n) is 5.64. The average Bonchev–Trinajstić information content (AvgIpc) is 2.70. The number of anilines is 1. The molecular formula is C13H16FN3. The molecule has 0 bridgehead atoms. The molecule has 0 saturated carbocycles. The molecule has 0 spiro atoms. The van der Waals surface area contributed by atoms with Crippen molar-refractivity contribution in [1.29, 1.82) is 0 Å². The maximum Gasteiger partial charge on any atom is 0.146 e. The Morgan fingerprint density at radius 1 is 1.35 bits per heavy atom. The minimum atomic E-state index is -0.208. The van der Waals surface area contributed by atoms with E-state index in [1.165, 1.54) is 6.07 Å². The lowest BCUT2D eigenvalue weighted by atomic mass is 10.2. The van der Waals surface area contributed by atoms with Gasteiger partial charge in [0.2, 0.25) is 0 Å². The first-order valence-corrected chi connectivity index (χ1v) is 5.64. The lowest BCUT2D eigenvalue weighted by Gasteiger charge is -2.08. The van der Waals surface area contributed by atoms with Crippen molar-refractivity contribution < 1.29 is 4.39 Å². The summed E-state index contributed by atoms with van der Waals surface area (Å²) in [5.74, 6) is -0.208. The molecular weight excluding hydrogens is 217 g/mol. The molecule has 0 radical (unpaired) electrons. The predicted molar refractivity (Wildman–Crippen MR) is 66.5 cm³/mol. The number of rotatable bonds is 4. The molecule has 0 aliphatic carbocycles. The van der Waals surface area contributed by atoms with Crippen LogP contribution in [0.5, 0.6) is 0 Å². The fourth-order valence-electron chi connectivity index (χ4n) is 1.75. The molecule has 2 aromatic rings. The lowest BCUT2D eigenvalue weighted by Crippen LogP contribution is -2.09. The summed E-state index contributed by atoms with van der Waals surface area (Å²) in [5, 5.41) is 7.19. The molecule has 0 fully saturated rings. The number of hydrogen-bond acceptors (Lipinski definition) is 2. The molecule has 0 aliphatic rings. The van der Waals surface area contributed by atoms with Crippen LogP contribution in [0.15, 0.2) is 30.5 Å². The minimum Gasteiger partial charge on any atom is -0.382 e. The van der Waals surface area contributed by atoms with Crippen molar-refractivity contribution in [2.45, 2.75) is 13.3 Å². The van der Waals surface area contributed by atoms with E-state index in [9.17, 15) is 4.39 Å². The number of hydrogen-bond donors (Lipinski definition) is 1. The third-order valence-corrected chi connectivity index (χ3v) is 2.74. The summed E-state index contributed by atoms with van der Waals surface area (Å²) < 4.78 is 15.3. The molecule has 90 valence electrons. The van der Waals surface area contributed by atoms with Crippen molar-refractivity contribution in [3.05, 3.63) is 47.5 Å². The Morgan fingerprint density at radius 3 is 2.88 bits per heavy atom. The van der Waals surface area contributed by atoms with Gasteiger partial charge in [-0.15, -0.1) is 0 Å². The van der Waals surface area contributed by atoms with E-state index in [0.717, 1.165) is 17.7 Å². The van der Waals surface area contributed by atoms with Gasteiger partial charge in [0.05, 0.1) is 5.69 Å². The molecule has 1 aromatic heterocycles. The summed E-state index contributed by atoms with van der Waals surface area (Å²) in [7, 11) is 1.91. The fraction of sp³-hybridized carbons (Fsp3) is 0.308. The number of benzene rings is 1. The zero-order valence-corrected chi connectivity index (χ0v) is 10.1. The van der Waals surface area contributed by atoms with Gasteiger partial charge >= 0.3 is 0 Å². The number of aryl methyl sites for hydroxylation is 2. The normalized spacial score (nSPS) is 10.5. The molecule has 1 aromatic carbocycles. The molecule has 0 amide bonds. The molecule has 4 heteroatoms. The quantitative estimate of drug-likeness (QED) is 0.879. The largest absolute Gasteiger partial charge is 0.382 e. The van der Waals surface area contributed by atoms with Gasteiger partial charge in [-0.3, -0.25) is 4.68 Å². The number of nitrogens with one attached hydrogen (secondary N) is 1. The molecule has 0 atom stereocenters. The van der Waals surface area contributed by atoms with Crippen LogP contribution in [0.3, 0.4) is 0 Å². The minimum absolute atomic E-state index is 0.208. The average molecular weight is 233 g/mol. The van der Waals surface area contributed by atoms with Gasteiger partial charge in [0.15, 0.2) is 0 Å². The summed E-state index contributed by atoms with van der Waals surface area (Å²) >= 11 is 0. The van der Waals surface area contributed by atoms with Gasteiger partial charge in [-0.1, -0.05) is 6.07 Å². The van der Waals surface area contributed by atoms with Crippen LogP contribution >= 0.6 is 0 Å². The molecule has 1 heterocycles. The highest BCUT2D eigenvalue weighted by atomic mass is 19.1. The molecule has 2 rings (SSSR count). The van der Waals surface area contributed by atoms with Crippen LogP contribution < -0.4 is 5.32 Å². The van der Waals surface area contributed by atoms with E-state index >= 15 is 0 Å². The van der Waals surface area contributed by atoms with E-state index in [1.807, 2.05) is 30.8 Å². The van der Waals surface area contributed by atoms with Crippen molar-refractivity contribution in [2.24, 2.45) is 7.05 Å². The molecule has 0 saturated heterocycles. The number of nitrogens with zero attached hydrogens (tertiary/aromatic N) is 2. The van der Waals surface area contributed by atoms with E-state index < -0.39 is 0 Å². The first kappa shape index (κ1) is 11.6. The first-order chi connectivity index (χ1) is 8.16. The maximum atomic E-state index is 13.4. The number of halogens is 1. The summed E-state index contributed by atoms with van der Waals surface area (Å²) in [6, 6.07) is 7.04. The van der Waals surface area contributed by atoms with Crippen LogP contribution in [0.4, 0.5) is 10.1 Å². The maximum absolute atomic E-state index is 13.4. The van der Waals surface area contributed by atoms with Gasteiger partial charge in [-0.05, 0) is 30.7 Å². The highest BCUT2D eigenvalue weighted by Gasteiger charge is 2.02. The highest BCUT2D eigenvalue weighted by molar-refractivity contribution is 5.47. The fourth-order valence-corrected chi connectivity index (χ4v) is 1.75. The highest BCUT2D eigenvalue weighted by Crippen LogP contribution is 2.15. The summed E-state index contributed by atoms with van der Waals surface area (Å²) in [6.45, 7) is 2.64. The van der Waals surface area contributed by atoms with Crippen molar-refractivity contribution in [3.8, 4) is 0 Å². The van der Waals surface area contributed by atoms with Gasteiger partial charge in [-0.2, -0.15) is 5.10 Å². The number of aromatic nitrogens is 2. The Labute approximate surface area is 100 Å². The van der Waals surface area contributed by atoms with Crippen LogP contribution in [0.2, 0.25) is 0 Å². The molecule has 0 unspecified atom stereocenters. The van der Waals surface area contributed by atoms with E-state index in [4.69, 9.17) is 0 Å². The second-order valence-corrected chi connectivity index (χ2v) is 4.11. The third kappa shape index (κ3) is 2.84. The van der Waals surface area contributed by atoms with E-state index in [1.54, 1.807) is 12.3 Å². The van der Waals surface area contributed by atoms with Gasteiger partial charge in [-0.25, -0.2) is 4.39 Å². The smallest absolute Gasteiger partial charge is 0.146 e. The molecule has 17 heavy (non-hydrogen) atoms. The Kier molecular flexibility index (Phi) is 3.42. The van der Waals surface area contributed by atoms with Crippen LogP contribution in [0.25, 0.3) is 0 Å². The van der Waals surface area contributed by atoms with E-state index in [0.29, 0.717) is 12.2 Å². The topological polar surface area (TPSA) is 29.9 Å². The molecule has 0 aliphatic heterocycles. The Balaban J connectivity index is 1.94. The monoisotopic (exact) mass is 233 g/mol. The lowest BCUT2D eigenvalue weighted by molar-refractivity contribution is 0.629. The van der Waals surface area contributed by atoms with Gasteiger partial charge < -0.3 is 5.32 Å². The zero-order chi connectivity index (χ0) is 12.3. The van der Waals surface area contributed by atoms with Crippen LogP contribution in [0.1, 0.15) is 11.3 Å². The van der Waals surface area contributed by atoms with Gasteiger partial charge in [0.25, 0.3) is 0 Å². The van der Waals surface area contributed by atoms with Gasteiger partial charge in [0.1, 0.15) is 5.82 Å². The second-order valence-electron chi connectivity index (χ2n) is 4.11. The molecule has 3 nitrogen and oxygen atoms in total. The zero-order valence-electron chi connectivity index (χ0n) is 10.1. The van der Waals surface area contributed by atoms with E-state index in [2.05, 4.69) is 10.4 Å². The van der Waals surface area contributed by atoms with Crippen LogP contribution in [-0.2, 0) is 13.5 Å². The van der Waals surface area contributed by atoms with Crippen LogP contribution in [0, 0.1) is 12.7 Å². The molecule has 1 N–H and O–H groups in total. The third-order valence-electron chi connectivity index (χ3n) is 2.74. The van der Waals surface area contributed by atoms with Crippen molar-refractivity contribution >= 4 is 5.69 Å². The summed E-state index contributed by atoms with van der Waals surface area (Å²) in [6.07, 6.45) is 2.59. The SMILES string of the molecule is Cc1ccc(F)c(NCCc2ccnn2C)c1. The predicted octanol–water partition coefficient (Wildman–Crippen LogP) is 2.52. The van der Waals surface area contributed by atoms with Crippen LogP contribution in [-0.4, -0.2) is 16.3 Å². The van der Waals surface area contributed by atoms with Gasteiger partial charge in [0, 0.05) is 31.9 Å². The summed E-state index contributed by atoms with van der Waals surface area (Å²) in [4.78, 5) is 0. The van der Waals surface area contributed by atoms with Crippen molar-refractivity contribution in [3.63, 3.8) is 0 Å². The summed E-state index contributed by atoms with van der Waals surface area (Å²) in [5.41, 5.74) is 2.74. The Morgan fingerprint density at radius 2 is 2.18 bits per heavy atom. The Bertz CT molecular complexity index is 505.